The number of carboxylic acid groups (broad SMARTS) is 1. The van der Waals surface area contributed by atoms with Crippen molar-refractivity contribution < 1.29 is 14.7 Å². The van der Waals surface area contributed by atoms with Crippen LogP contribution in [0.1, 0.15) is 20.3 Å². The van der Waals surface area contributed by atoms with Crippen LogP contribution in [-0.2, 0) is 9.59 Å². The minimum Gasteiger partial charge on any atom is -0.481 e. The summed E-state index contributed by atoms with van der Waals surface area (Å²) in [4.78, 5) is 28.3. The van der Waals surface area contributed by atoms with E-state index in [4.69, 9.17) is 28.3 Å². The first-order valence-corrected chi connectivity index (χ1v) is 7.12. The Bertz CT molecular complexity index is 523. The van der Waals surface area contributed by atoms with Crippen LogP contribution in [-0.4, -0.2) is 46.0 Å². The fourth-order valence-electron chi connectivity index (χ4n) is 1.62. The summed E-state index contributed by atoms with van der Waals surface area (Å²) >= 11 is 11.6. The van der Waals surface area contributed by atoms with E-state index in [-0.39, 0.29) is 35.8 Å². The van der Waals surface area contributed by atoms with Gasteiger partial charge in [0, 0.05) is 18.8 Å². The highest BCUT2D eigenvalue weighted by atomic mass is 35.5. The maximum atomic E-state index is 12.0. The molecule has 0 aliphatic heterocycles. The van der Waals surface area contributed by atoms with Crippen LogP contribution in [0.3, 0.4) is 0 Å². The number of hydrogen-bond donors (Lipinski definition) is 2. The molecule has 1 aromatic rings. The molecule has 0 radical (unpaired) electrons. The number of rotatable bonds is 7. The lowest BCUT2D eigenvalue weighted by molar-refractivity contribution is -0.137. The number of amides is 1. The molecule has 0 bridgehead atoms. The van der Waals surface area contributed by atoms with Gasteiger partial charge < -0.3 is 10.4 Å². The second-order valence-electron chi connectivity index (χ2n) is 4.74. The number of aliphatic carboxylic acids is 1. The van der Waals surface area contributed by atoms with Crippen LogP contribution >= 0.6 is 23.2 Å². The number of nitrogens with zero attached hydrogens (tertiary/aromatic N) is 2. The van der Waals surface area contributed by atoms with Gasteiger partial charge in [0.25, 0.3) is 0 Å². The van der Waals surface area contributed by atoms with E-state index < -0.39 is 5.97 Å². The largest absolute Gasteiger partial charge is 0.481 e. The first-order valence-electron chi connectivity index (χ1n) is 6.36. The van der Waals surface area contributed by atoms with E-state index in [0.717, 1.165) is 0 Å². The third kappa shape index (κ3) is 6.29. The van der Waals surface area contributed by atoms with E-state index in [9.17, 15) is 9.59 Å². The zero-order valence-corrected chi connectivity index (χ0v) is 13.3. The lowest BCUT2D eigenvalue weighted by Crippen LogP contribution is -2.39. The van der Waals surface area contributed by atoms with Gasteiger partial charge in [0.1, 0.15) is 0 Å². The van der Waals surface area contributed by atoms with E-state index >= 15 is 0 Å². The highest BCUT2D eigenvalue weighted by molar-refractivity contribution is 6.36. The molecule has 1 heterocycles. The smallest absolute Gasteiger partial charge is 0.304 e. The Labute approximate surface area is 133 Å². The minimum absolute atomic E-state index is 0.0224. The summed E-state index contributed by atoms with van der Waals surface area (Å²) in [6.45, 7) is 4.14. The van der Waals surface area contributed by atoms with Gasteiger partial charge in [-0.1, -0.05) is 23.2 Å². The molecule has 1 aromatic heterocycles. The first-order chi connectivity index (χ1) is 9.79. The average molecular weight is 334 g/mol. The van der Waals surface area contributed by atoms with Crippen molar-refractivity contribution in [1.29, 1.82) is 0 Å². The fourth-order valence-corrected chi connectivity index (χ4v) is 2.05. The number of carbonyl (C=O) groups excluding carboxylic acids is 1. The molecule has 116 valence electrons. The molecular weight excluding hydrogens is 317 g/mol. The summed E-state index contributed by atoms with van der Waals surface area (Å²) in [7, 11) is 0. The maximum Gasteiger partial charge on any atom is 0.304 e. The van der Waals surface area contributed by atoms with Crippen LogP contribution in [0.25, 0.3) is 0 Å². The van der Waals surface area contributed by atoms with Crippen molar-refractivity contribution in [2.75, 3.05) is 18.4 Å². The van der Waals surface area contributed by atoms with E-state index in [1.807, 2.05) is 13.8 Å². The fraction of sp³-hybridized carbons (Fsp3) is 0.462. The Balaban J connectivity index is 2.63. The van der Waals surface area contributed by atoms with Crippen molar-refractivity contribution in [2.24, 2.45) is 0 Å². The molecule has 6 nitrogen and oxygen atoms in total. The van der Waals surface area contributed by atoms with Crippen molar-refractivity contribution >= 4 is 40.9 Å². The van der Waals surface area contributed by atoms with Gasteiger partial charge in [-0.2, -0.15) is 0 Å². The zero-order chi connectivity index (χ0) is 16.0. The molecule has 1 rings (SSSR count). The quantitative estimate of drug-likeness (QED) is 0.801. The molecule has 0 fully saturated rings. The van der Waals surface area contributed by atoms with Crippen LogP contribution in [0.5, 0.6) is 0 Å². The van der Waals surface area contributed by atoms with Gasteiger partial charge in [0.2, 0.25) is 5.91 Å². The van der Waals surface area contributed by atoms with Gasteiger partial charge in [0.15, 0.2) is 5.82 Å². The van der Waals surface area contributed by atoms with Gasteiger partial charge >= 0.3 is 5.97 Å². The Morgan fingerprint density at radius 1 is 1.43 bits per heavy atom. The van der Waals surface area contributed by atoms with Crippen LogP contribution in [0, 0.1) is 0 Å². The van der Waals surface area contributed by atoms with Crippen LogP contribution in [0.4, 0.5) is 5.82 Å². The van der Waals surface area contributed by atoms with Crippen molar-refractivity contribution in [3.8, 4) is 0 Å². The number of carbonyl (C=O) groups is 2. The summed E-state index contributed by atoms with van der Waals surface area (Å²) in [5.74, 6) is -0.984. The van der Waals surface area contributed by atoms with Crippen molar-refractivity contribution in [3.63, 3.8) is 0 Å². The number of anilines is 1. The molecule has 2 N–H and O–H groups in total. The summed E-state index contributed by atoms with van der Waals surface area (Å²) < 4.78 is 0. The summed E-state index contributed by atoms with van der Waals surface area (Å²) in [6, 6.07) is 1.53. The molecule has 8 heteroatoms. The summed E-state index contributed by atoms with van der Waals surface area (Å²) in [5.41, 5.74) is 0. The van der Waals surface area contributed by atoms with Crippen LogP contribution < -0.4 is 5.32 Å². The highest BCUT2D eigenvalue weighted by Crippen LogP contribution is 2.22. The lowest BCUT2D eigenvalue weighted by atomic mass is 10.2. The topological polar surface area (TPSA) is 82.5 Å². The minimum atomic E-state index is -0.900. The molecule has 0 saturated carbocycles. The van der Waals surface area contributed by atoms with Crippen molar-refractivity contribution in [1.82, 2.24) is 9.88 Å². The molecule has 0 saturated heterocycles. The van der Waals surface area contributed by atoms with Gasteiger partial charge in [-0.15, -0.1) is 0 Å². The second kappa shape index (κ2) is 8.17. The predicted octanol–water partition coefficient (Wildman–Crippen LogP) is 2.51. The highest BCUT2D eigenvalue weighted by Gasteiger charge is 2.16. The predicted molar refractivity (Wildman–Crippen MR) is 81.8 cm³/mol. The standard InChI is InChI=1S/C13H17Cl2N3O3/c1-8(2)18(4-3-12(20)21)7-11(19)17-13-10(15)5-9(14)6-16-13/h5-6,8H,3-4,7H2,1-2H3,(H,20,21)(H,16,17,19). The van der Waals surface area contributed by atoms with Gasteiger partial charge in [-0.3, -0.25) is 14.5 Å². The van der Waals surface area contributed by atoms with Gasteiger partial charge in [-0.05, 0) is 19.9 Å². The molecule has 21 heavy (non-hydrogen) atoms. The maximum absolute atomic E-state index is 12.0. The molecule has 0 unspecified atom stereocenters. The van der Waals surface area contributed by atoms with Crippen molar-refractivity contribution in [3.05, 3.63) is 22.3 Å². The van der Waals surface area contributed by atoms with E-state index in [2.05, 4.69) is 10.3 Å². The Kier molecular flexibility index (Phi) is 6.87. The Morgan fingerprint density at radius 3 is 2.62 bits per heavy atom. The number of carboxylic acids is 1. The second-order valence-corrected chi connectivity index (χ2v) is 5.58. The van der Waals surface area contributed by atoms with Crippen LogP contribution in [0.2, 0.25) is 10.0 Å². The Hall–Kier alpha value is -1.37. The number of nitrogens with one attached hydrogen (secondary N) is 1. The number of pyridine rings is 1. The SMILES string of the molecule is CC(C)N(CCC(=O)O)CC(=O)Nc1ncc(Cl)cc1Cl. The summed E-state index contributed by atoms with van der Waals surface area (Å²) in [5, 5.41) is 11.9. The Morgan fingerprint density at radius 2 is 2.10 bits per heavy atom. The molecular formula is C13H17Cl2N3O3. The van der Waals surface area contributed by atoms with Crippen LogP contribution in [0.15, 0.2) is 12.3 Å². The molecule has 0 atom stereocenters. The molecule has 0 aliphatic rings. The zero-order valence-electron chi connectivity index (χ0n) is 11.8. The number of aromatic nitrogens is 1. The van der Waals surface area contributed by atoms with E-state index in [1.165, 1.54) is 12.3 Å². The summed E-state index contributed by atoms with van der Waals surface area (Å²) in [6.07, 6.45) is 1.36. The van der Waals surface area contributed by atoms with E-state index in [1.54, 1.807) is 4.90 Å². The van der Waals surface area contributed by atoms with Gasteiger partial charge in [0.05, 0.1) is 23.0 Å². The third-order valence-electron chi connectivity index (χ3n) is 2.76. The molecule has 0 aliphatic carbocycles. The molecule has 0 spiro atoms. The monoisotopic (exact) mass is 333 g/mol. The first kappa shape index (κ1) is 17.7. The van der Waals surface area contributed by atoms with Gasteiger partial charge in [-0.25, -0.2) is 4.98 Å². The number of hydrogen-bond acceptors (Lipinski definition) is 4. The average Bonchev–Trinajstić information content (AvgIpc) is 2.37. The lowest BCUT2D eigenvalue weighted by Gasteiger charge is -2.24. The number of halogens is 2. The van der Waals surface area contributed by atoms with E-state index in [0.29, 0.717) is 11.6 Å². The normalized spacial score (nSPS) is 11.0. The third-order valence-corrected chi connectivity index (χ3v) is 3.25. The molecule has 0 aromatic carbocycles. The van der Waals surface area contributed by atoms with Crippen molar-refractivity contribution in [2.45, 2.75) is 26.3 Å². The molecule has 1 amide bonds.